The Labute approximate surface area is 41.6 Å². The molecule has 1 aliphatic heterocycles. The van der Waals surface area contributed by atoms with E-state index in [2.05, 4.69) is 8.37 Å². The standard InChI is InChI=1S/C2HFO3S/c3-2-1-5-7(4)6-2/h1H. The van der Waals surface area contributed by atoms with Gasteiger partial charge in [0.2, 0.25) is 0 Å². The summed E-state index contributed by atoms with van der Waals surface area (Å²) < 4.78 is 29.1. The Morgan fingerprint density at radius 3 is 2.71 bits per heavy atom. The lowest BCUT2D eigenvalue weighted by Gasteiger charge is -1.81. The van der Waals surface area contributed by atoms with Crippen LogP contribution in [0.15, 0.2) is 12.3 Å². The second-order valence-electron chi connectivity index (χ2n) is 0.806. The molecule has 0 aromatic carbocycles. The van der Waals surface area contributed by atoms with E-state index in [-0.39, 0.29) is 0 Å². The Hall–Kier alpha value is -0.580. The van der Waals surface area contributed by atoms with Crippen molar-refractivity contribution >= 4 is 11.4 Å². The van der Waals surface area contributed by atoms with E-state index >= 15 is 0 Å². The Bertz CT molecular complexity index is 131. The van der Waals surface area contributed by atoms with Crippen LogP contribution >= 0.6 is 0 Å². The predicted molar refractivity (Wildman–Crippen MR) is 19.5 cm³/mol. The normalized spacial score (nSPS) is 28.1. The molecule has 40 valence electrons. The molecule has 0 N–H and O–H groups in total. The molecule has 1 aliphatic rings. The molecule has 1 atom stereocenters. The van der Waals surface area contributed by atoms with Gasteiger partial charge in [0, 0.05) is 0 Å². The summed E-state index contributed by atoms with van der Waals surface area (Å²) in [5, 5.41) is 0. The summed E-state index contributed by atoms with van der Waals surface area (Å²) in [7, 11) is 0. The van der Waals surface area contributed by atoms with Crippen LogP contribution in [0.2, 0.25) is 0 Å². The highest BCUT2D eigenvalue weighted by molar-refractivity contribution is 7.75. The molecule has 5 heteroatoms. The summed E-state index contributed by atoms with van der Waals surface area (Å²) in [4.78, 5) is 0. The highest BCUT2D eigenvalue weighted by Crippen LogP contribution is 2.10. The summed E-state index contributed by atoms with van der Waals surface area (Å²) in [6.45, 7) is 0. The van der Waals surface area contributed by atoms with E-state index in [0.717, 1.165) is 0 Å². The first-order chi connectivity index (χ1) is 3.29. The van der Waals surface area contributed by atoms with Crippen LogP contribution in [0.1, 0.15) is 0 Å². The molecule has 0 aliphatic carbocycles. The van der Waals surface area contributed by atoms with Gasteiger partial charge in [0.1, 0.15) is 0 Å². The monoisotopic (exact) mass is 124 g/mol. The Morgan fingerprint density at radius 1 is 1.86 bits per heavy atom. The van der Waals surface area contributed by atoms with Gasteiger partial charge in [-0.25, -0.2) is 0 Å². The molecule has 0 radical (unpaired) electrons. The van der Waals surface area contributed by atoms with Crippen LogP contribution in [0.25, 0.3) is 0 Å². The maximum absolute atomic E-state index is 11.5. The summed E-state index contributed by atoms with van der Waals surface area (Å²) in [5.74, 6) is 0. The molecule has 0 saturated carbocycles. The summed E-state index contributed by atoms with van der Waals surface area (Å²) >= 11 is -1.92. The minimum Gasteiger partial charge on any atom is -0.372 e. The fourth-order valence-corrected chi connectivity index (χ4v) is 0.544. The zero-order chi connectivity index (χ0) is 5.28. The third kappa shape index (κ3) is 0.894. The van der Waals surface area contributed by atoms with Gasteiger partial charge in [0.25, 0.3) is 0 Å². The van der Waals surface area contributed by atoms with Crippen LogP contribution in [-0.2, 0) is 19.7 Å². The van der Waals surface area contributed by atoms with Crippen LogP contribution in [-0.4, -0.2) is 4.21 Å². The van der Waals surface area contributed by atoms with Crippen molar-refractivity contribution in [2.45, 2.75) is 0 Å². The van der Waals surface area contributed by atoms with Gasteiger partial charge in [-0.05, 0) is 0 Å². The Balaban J connectivity index is 2.58. The van der Waals surface area contributed by atoms with Crippen LogP contribution in [0.3, 0.4) is 0 Å². The quantitative estimate of drug-likeness (QED) is 0.468. The first kappa shape index (κ1) is 4.58. The molecule has 3 nitrogen and oxygen atoms in total. The lowest BCUT2D eigenvalue weighted by molar-refractivity contribution is 0.334. The smallest absolute Gasteiger partial charge is 0.372 e. The number of hydrogen-bond acceptors (Lipinski definition) is 3. The van der Waals surface area contributed by atoms with Gasteiger partial charge in [0.05, 0.1) is 0 Å². The molecule has 0 amide bonds. The molecule has 0 aromatic rings. The van der Waals surface area contributed by atoms with E-state index in [1.54, 1.807) is 0 Å². The van der Waals surface area contributed by atoms with Crippen molar-refractivity contribution in [1.82, 2.24) is 0 Å². The SMILES string of the molecule is O=S1OC=C(F)O1. The summed E-state index contributed by atoms with van der Waals surface area (Å²) in [6, 6.07) is -0.946. The zero-order valence-corrected chi connectivity index (χ0v) is 3.90. The van der Waals surface area contributed by atoms with E-state index in [1.165, 1.54) is 0 Å². The average Bonchev–Trinajstić information content (AvgIpc) is 1.87. The molecule has 1 unspecified atom stereocenters. The first-order valence-electron chi connectivity index (χ1n) is 1.42. The van der Waals surface area contributed by atoms with Gasteiger partial charge in [-0.15, -0.1) is 0 Å². The largest absolute Gasteiger partial charge is 0.419 e. The second-order valence-corrected chi connectivity index (χ2v) is 1.57. The van der Waals surface area contributed by atoms with Gasteiger partial charge in [0.15, 0.2) is 6.26 Å². The van der Waals surface area contributed by atoms with Crippen LogP contribution < -0.4 is 0 Å². The topological polar surface area (TPSA) is 35.5 Å². The van der Waals surface area contributed by atoms with Gasteiger partial charge in [-0.3, -0.25) is 0 Å². The van der Waals surface area contributed by atoms with Crippen molar-refractivity contribution < 1.29 is 17.0 Å². The fraction of sp³-hybridized carbons (Fsp3) is 0. The van der Waals surface area contributed by atoms with E-state index in [4.69, 9.17) is 0 Å². The van der Waals surface area contributed by atoms with E-state index in [0.29, 0.717) is 6.26 Å². The Kier molecular flexibility index (Phi) is 0.976. The van der Waals surface area contributed by atoms with Crippen molar-refractivity contribution in [3.8, 4) is 0 Å². The van der Waals surface area contributed by atoms with Crippen LogP contribution in [0.4, 0.5) is 4.39 Å². The highest BCUT2D eigenvalue weighted by atomic mass is 32.2. The fourth-order valence-electron chi connectivity index (χ4n) is 0.181. The molecular weight excluding hydrogens is 123 g/mol. The van der Waals surface area contributed by atoms with Crippen LogP contribution in [0, 0.1) is 0 Å². The third-order valence-corrected chi connectivity index (χ3v) is 0.916. The second kappa shape index (κ2) is 1.49. The maximum Gasteiger partial charge on any atom is 0.419 e. The van der Waals surface area contributed by atoms with Crippen molar-refractivity contribution in [2.75, 3.05) is 0 Å². The summed E-state index contributed by atoms with van der Waals surface area (Å²) in [5.41, 5.74) is 0. The lowest BCUT2D eigenvalue weighted by Crippen LogP contribution is -1.83. The van der Waals surface area contributed by atoms with E-state index in [1.807, 2.05) is 0 Å². The third-order valence-electron chi connectivity index (χ3n) is 0.367. The molecule has 0 aromatic heterocycles. The van der Waals surface area contributed by atoms with E-state index in [9.17, 15) is 8.60 Å². The minimum atomic E-state index is -1.92. The zero-order valence-electron chi connectivity index (χ0n) is 3.09. The molecule has 0 saturated heterocycles. The van der Waals surface area contributed by atoms with E-state index < -0.39 is 17.4 Å². The number of halogens is 1. The molecular formula is C2HFO3S. The minimum absolute atomic E-state index is 0.649. The number of hydrogen-bond donors (Lipinski definition) is 0. The molecule has 1 heterocycles. The van der Waals surface area contributed by atoms with Crippen molar-refractivity contribution in [3.63, 3.8) is 0 Å². The lowest BCUT2D eigenvalue weighted by atomic mass is 11.0. The molecule has 1 rings (SSSR count). The van der Waals surface area contributed by atoms with Crippen molar-refractivity contribution in [1.29, 1.82) is 0 Å². The first-order valence-corrected chi connectivity index (χ1v) is 2.42. The highest BCUT2D eigenvalue weighted by Gasteiger charge is 2.12. The maximum atomic E-state index is 11.5. The summed E-state index contributed by atoms with van der Waals surface area (Å²) in [6.07, 6.45) is 0.649. The van der Waals surface area contributed by atoms with Crippen molar-refractivity contribution in [3.05, 3.63) is 12.3 Å². The molecule has 0 fully saturated rings. The van der Waals surface area contributed by atoms with Gasteiger partial charge in [-0.2, -0.15) is 8.60 Å². The van der Waals surface area contributed by atoms with Crippen molar-refractivity contribution in [2.24, 2.45) is 0 Å². The van der Waals surface area contributed by atoms with Gasteiger partial charge >= 0.3 is 17.4 Å². The van der Waals surface area contributed by atoms with Crippen LogP contribution in [0.5, 0.6) is 0 Å². The van der Waals surface area contributed by atoms with Gasteiger partial charge in [-0.1, -0.05) is 0 Å². The molecule has 0 spiro atoms. The molecule has 7 heavy (non-hydrogen) atoms. The molecule has 0 bridgehead atoms. The predicted octanol–water partition coefficient (Wildman–Crippen LogP) is 0.380. The average molecular weight is 124 g/mol. The number of rotatable bonds is 0. The Morgan fingerprint density at radius 2 is 2.57 bits per heavy atom. The van der Waals surface area contributed by atoms with Gasteiger partial charge < -0.3 is 8.37 Å².